The first-order valence-electron chi connectivity index (χ1n) is 10.5. The summed E-state index contributed by atoms with van der Waals surface area (Å²) in [5.41, 5.74) is 1.64. The summed E-state index contributed by atoms with van der Waals surface area (Å²) in [6.07, 6.45) is 2.30. The van der Waals surface area contributed by atoms with Crippen molar-refractivity contribution < 1.29 is 22.7 Å². The molecule has 158 valence electrons. The van der Waals surface area contributed by atoms with E-state index in [9.17, 15) is 13.2 Å². The summed E-state index contributed by atoms with van der Waals surface area (Å²) < 4.78 is 36.2. The molecule has 3 aliphatic rings. The van der Waals surface area contributed by atoms with E-state index in [-0.39, 0.29) is 29.6 Å². The third kappa shape index (κ3) is 3.61. The Kier molecular flexibility index (Phi) is 5.03. The van der Waals surface area contributed by atoms with Crippen molar-refractivity contribution in [3.63, 3.8) is 0 Å². The molecule has 0 spiro atoms. The fraction of sp³-hybridized carbons (Fsp3) is 0.435. The van der Waals surface area contributed by atoms with Gasteiger partial charge in [0, 0.05) is 30.3 Å². The van der Waals surface area contributed by atoms with Crippen LogP contribution in [-0.2, 0) is 19.4 Å². The highest BCUT2D eigenvalue weighted by molar-refractivity contribution is 7.91. The predicted octanol–water partition coefficient (Wildman–Crippen LogP) is 3.12. The number of hydrogen-bond acceptors (Lipinski definition) is 5. The molecule has 6 nitrogen and oxygen atoms in total. The summed E-state index contributed by atoms with van der Waals surface area (Å²) in [5.74, 6) is 0.911. The van der Waals surface area contributed by atoms with Crippen LogP contribution in [-0.4, -0.2) is 56.0 Å². The van der Waals surface area contributed by atoms with E-state index >= 15 is 0 Å². The quantitative estimate of drug-likeness (QED) is 0.750. The summed E-state index contributed by atoms with van der Waals surface area (Å²) in [6, 6.07) is 14.9. The minimum absolute atomic E-state index is 0.0258. The fourth-order valence-corrected chi connectivity index (χ4v) is 6.52. The van der Waals surface area contributed by atoms with Crippen LogP contribution < -0.4 is 4.74 Å². The van der Waals surface area contributed by atoms with Crippen molar-refractivity contribution in [2.24, 2.45) is 0 Å². The van der Waals surface area contributed by atoms with E-state index in [1.807, 2.05) is 48.5 Å². The number of sulfone groups is 1. The monoisotopic (exact) mass is 427 g/mol. The van der Waals surface area contributed by atoms with Crippen LogP contribution in [0.5, 0.6) is 11.5 Å². The molecule has 2 aromatic rings. The molecule has 7 heteroatoms. The Hall–Kier alpha value is -2.38. The molecule has 0 bridgehead atoms. The SMILES string of the molecule is O=C(C1c2ccccc2Oc2ccccc21)N(C[C@H]1CCCO1)[C@H]1CCS(=O)(=O)C1. The molecule has 0 aliphatic carbocycles. The van der Waals surface area contributed by atoms with Gasteiger partial charge in [0.25, 0.3) is 0 Å². The standard InChI is InChI=1S/C23H25NO5S/c25-23(24(14-17-6-5-12-28-17)16-11-13-30(26,27)15-16)22-18-7-1-3-9-20(18)29-21-10-4-2-8-19(21)22/h1-4,7-10,16-17,22H,5-6,11-15H2/t16-,17+/m0/s1. The molecule has 2 atom stereocenters. The van der Waals surface area contributed by atoms with E-state index in [0.29, 0.717) is 31.1 Å². The zero-order chi connectivity index (χ0) is 20.7. The van der Waals surface area contributed by atoms with E-state index in [0.717, 1.165) is 24.0 Å². The Labute approximate surface area is 176 Å². The largest absolute Gasteiger partial charge is 0.457 e. The molecule has 5 rings (SSSR count). The fourth-order valence-electron chi connectivity index (χ4n) is 4.79. The Balaban J connectivity index is 1.54. The highest BCUT2D eigenvalue weighted by atomic mass is 32.2. The first kappa shape index (κ1) is 19.6. The number of para-hydroxylation sites is 2. The van der Waals surface area contributed by atoms with Gasteiger partial charge >= 0.3 is 0 Å². The zero-order valence-electron chi connectivity index (χ0n) is 16.7. The normalized spacial score (nSPS) is 24.7. The van der Waals surface area contributed by atoms with Crippen LogP contribution in [0.4, 0.5) is 0 Å². The van der Waals surface area contributed by atoms with E-state index < -0.39 is 15.8 Å². The maximum Gasteiger partial charge on any atom is 0.235 e. The van der Waals surface area contributed by atoms with Crippen molar-refractivity contribution in [1.82, 2.24) is 4.90 Å². The van der Waals surface area contributed by atoms with Crippen LogP contribution in [0.3, 0.4) is 0 Å². The molecule has 0 unspecified atom stereocenters. The Morgan fingerprint density at radius 2 is 1.67 bits per heavy atom. The molecule has 0 aromatic heterocycles. The first-order valence-corrected chi connectivity index (χ1v) is 12.3. The molecule has 0 N–H and O–H groups in total. The molecule has 2 saturated heterocycles. The number of amides is 1. The number of fused-ring (bicyclic) bond motifs is 2. The van der Waals surface area contributed by atoms with Crippen LogP contribution in [0.1, 0.15) is 36.3 Å². The Bertz CT molecular complexity index is 1020. The van der Waals surface area contributed by atoms with Crippen LogP contribution >= 0.6 is 0 Å². The summed E-state index contributed by atoms with van der Waals surface area (Å²) in [5, 5.41) is 0. The van der Waals surface area contributed by atoms with Gasteiger partial charge in [0.2, 0.25) is 5.91 Å². The molecule has 2 fully saturated rings. The Morgan fingerprint density at radius 1 is 1.00 bits per heavy atom. The van der Waals surface area contributed by atoms with E-state index in [2.05, 4.69) is 0 Å². The maximum atomic E-state index is 14.0. The number of benzene rings is 2. The lowest BCUT2D eigenvalue weighted by Gasteiger charge is -2.36. The number of carbonyl (C=O) groups is 1. The van der Waals surface area contributed by atoms with Gasteiger partial charge < -0.3 is 14.4 Å². The van der Waals surface area contributed by atoms with Gasteiger partial charge in [-0.2, -0.15) is 0 Å². The average molecular weight is 428 g/mol. The first-order chi connectivity index (χ1) is 14.5. The van der Waals surface area contributed by atoms with Gasteiger partial charge in [-0.3, -0.25) is 4.79 Å². The van der Waals surface area contributed by atoms with Crippen molar-refractivity contribution in [1.29, 1.82) is 0 Å². The molecular weight excluding hydrogens is 402 g/mol. The number of hydrogen-bond donors (Lipinski definition) is 0. The lowest BCUT2D eigenvalue weighted by molar-refractivity contribution is -0.135. The van der Waals surface area contributed by atoms with Crippen molar-refractivity contribution in [2.75, 3.05) is 24.7 Å². The van der Waals surface area contributed by atoms with Gasteiger partial charge in [-0.1, -0.05) is 36.4 Å². The summed E-state index contributed by atoms with van der Waals surface area (Å²) in [7, 11) is -3.12. The lowest BCUT2D eigenvalue weighted by atomic mass is 9.86. The van der Waals surface area contributed by atoms with Crippen molar-refractivity contribution in [3.05, 3.63) is 59.7 Å². The molecule has 1 amide bonds. The lowest BCUT2D eigenvalue weighted by Crippen LogP contribution is -2.47. The third-order valence-electron chi connectivity index (χ3n) is 6.28. The molecule has 0 saturated carbocycles. The van der Waals surface area contributed by atoms with Crippen LogP contribution in [0.2, 0.25) is 0 Å². The van der Waals surface area contributed by atoms with E-state index in [1.165, 1.54) is 0 Å². The van der Waals surface area contributed by atoms with Crippen LogP contribution in [0.25, 0.3) is 0 Å². The summed E-state index contributed by atoms with van der Waals surface area (Å²) >= 11 is 0. The molecule has 3 heterocycles. The minimum atomic E-state index is -3.12. The van der Waals surface area contributed by atoms with E-state index in [4.69, 9.17) is 9.47 Å². The van der Waals surface area contributed by atoms with Crippen LogP contribution in [0.15, 0.2) is 48.5 Å². The van der Waals surface area contributed by atoms with Crippen molar-refractivity contribution in [2.45, 2.75) is 37.3 Å². The van der Waals surface area contributed by atoms with Gasteiger partial charge in [0.1, 0.15) is 11.5 Å². The zero-order valence-corrected chi connectivity index (χ0v) is 17.5. The van der Waals surface area contributed by atoms with Crippen LogP contribution in [0, 0.1) is 0 Å². The molecule has 2 aromatic carbocycles. The minimum Gasteiger partial charge on any atom is -0.457 e. The van der Waals surface area contributed by atoms with Gasteiger partial charge in [-0.15, -0.1) is 0 Å². The van der Waals surface area contributed by atoms with Gasteiger partial charge in [0.05, 0.1) is 23.5 Å². The van der Waals surface area contributed by atoms with Crippen molar-refractivity contribution >= 4 is 15.7 Å². The molecule has 3 aliphatic heterocycles. The topological polar surface area (TPSA) is 72.9 Å². The molecular formula is C23H25NO5S. The number of nitrogens with zero attached hydrogens (tertiary/aromatic N) is 1. The van der Waals surface area contributed by atoms with E-state index in [1.54, 1.807) is 4.90 Å². The number of ether oxygens (including phenoxy) is 2. The number of rotatable bonds is 4. The van der Waals surface area contributed by atoms with Gasteiger partial charge in [-0.25, -0.2) is 8.42 Å². The highest BCUT2D eigenvalue weighted by Gasteiger charge is 2.41. The second-order valence-electron chi connectivity index (χ2n) is 8.29. The summed E-state index contributed by atoms with van der Waals surface area (Å²) in [6.45, 7) is 1.12. The van der Waals surface area contributed by atoms with Crippen molar-refractivity contribution in [3.8, 4) is 11.5 Å². The van der Waals surface area contributed by atoms with Gasteiger partial charge in [0.15, 0.2) is 9.84 Å². The molecule has 30 heavy (non-hydrogen) atoms. The second-order valence-corrected chi connectivity index (χ2v) is 10.5. The maximum absolute atomic E-state index is 14.0. The molecule has 0 radical (unpaired) electrons. The summed E-state index contributed by atoms with van der Waals surface area (Å²) in [4.78, 5) is 15.8. The third-order valence-corrected chi connectivity index (χ3v) is 8.03. The van der Waals surface area contributed by atoms with Gasteiger partial charge in [-0.05, 0) is 31.4 Å². The Morgan fingerprint density at radius 3 is 2.23 bits per heavy atom. The average Bonchev–Trinajstić information content (AvgIpc) is 3.38. The highest BCUT2D eigenvalue weighted by Crippen LogP contribution is 2.45. The smallest absolute Gasteiger partial charge is 0.235 e. The predicted molar refractivity (Wildman–Crippen MR) is 113 cm³/mol. The number of carbonyl (C=O) groups excluding carboxylic acids is 1. The second kappa shape index (κ2) is 7.71.